The second-order valence-corrected chi connectivity index (χ2v) is 2.40. The van der Waals surface area contributed by atoms with E-state index in [1.54, 1.807) is 0 Å². The highest BCUT2D eigenvalue weighted by Gasteiger charge is 2.08. The first kappa shape index (κ1) is 8.86. The highest BCUT2D eigenvalue weighted by molar-refractivity contribution is 4.58. The van der Waals surface area contributed by atoms with Gasteiger partial charge in [0.25, 0.3) is 0 Å². The number of rotatable bonds is 4. The van der Waals surface area contributed by atoms with Crippen LogP contribution in [0.5, 0.6) is 0 Å². The first-order chi connectivity index (χ1) is 4.16. The van der Waals surface area contributed by atoms with Crippen molar-refractivity contribution < 1.29 is 8.78 Å². The molecule has 0 rings (SSSR count). The zero-order valence-electron chi connectivity index (χ0n) is 6.03. The summed E-state index contributed by atoms with van der Waals surface area (Å²) in [4.78, 5) is 0. The van der Waals surface area contributed by atoms with Gasteiger partial charge in [0.2, 0.25) is 0 Å². The molecule has 2 unspecified atom stereocenters. The summed E-state index contributed by atoms with van der Waals surface area (Å²) >= 11 is 0. The Kier molecular flexibility index (Phi) is 4.64. The Morgan fingerprint density at radius 2 is 1.89 bits per heavy atom. The molecule has 0 radical (unpaired) electrons. The van der Waals surface area contributed by atoms with Gasteiger partial charge in [0, 0.05) is 6.42 Å². The number of hydrogen-bond donors (Lipinski definition) is 0. The Balaban J connectivity index is 3.15. The standard InChI is InChI=1S/C7H14F2/c1-3-4-7(9)5-6(2)8/h6-7H,3-5H2,1-2H3. The largest absolute Gasteiger partial charge is 0.248 e. The van der Waals surface area contributed by atoms with Gasteiger partial charge in [-0.25, -0.2) is 8.78 Å². The predicted octanol–water partition coefficient (Wildman–Crippen LogP) is 2.87. The summed E-state index contributed by atoms with van der Waals surface area (Å²) in [7, 11) is 0. The van der Waals surface area contributed by atoms with E-state index in [9.17, 15) is 8.78 Å². The molecule has 0 nitrogen and oxygen atoms in total. The Labute approximate surface area is 55.3 Å². The van der Waals surface area contributed by atoms with Gasteiger partial charge < -0.3 is 0 Å². The minimum absolute atomic E-state index is 0.0633. The van der Waals surface area contributed by atoms with Crippen molar-refractivity contribution in [1.82, 2.24) is 0 Å². The molecule has 0 heterocycles. The summed E-state index contributed by atoms with van der Waals surface area (Å²) in [6.07, 6.45) is -0.572. The second kappa shape index (κ2) is 4.71. The lowest BCUT2D eigenvalue weighted by Crippen LogP contribution is -2.06. The summed E-state index contributed by atoms with van der Waals surface area (Å²) in [5.41, 5.74) is 0. The first-order valence-electron chi connectivity index (χ1n) is 3.45. The van der Waals surface area contributed by atoms with Gasteiger partial charge in [-0.1, -0.05) is 13.3 Å². The maximum Gasteiger partial charge on any atom is 0.103 e. The van der Waals surface area contributed by atoms with Crippen LogP contribution in [0.15, 0.2) is 0 Å². The van der Waals surface area contributed by atoms with Crippen molar-refractivity contribution in [1.29, 1.82) is 0 Å². The van der Waals surface area contributed by atoms with Gasteiger partial charge >= 0.3 is 0 Å². The first-order valence-corrected chi connectivity index (χ1v) is 3.45. The molecule has 0 saturated carbocycles. The maximum atomic E-state index is 12.4. The topological polar surface area (TPSA) is 0 Å². The van der Waals surface area contributed by atoms with E-state index in [1.807, 2.05) is 6.92 Å². The van der Waals surface area contributed by atoms with Crippen molar-refractivity contribution in [2.75, 3.05) is 0 Å². The van der Waals surface area contributed by atoms with Crippen LogP contribution in [0.3, 0.4) is 0 Å². The lowest BCUT2D eigenvalue weighted by molar-refractivity contribution is 0.221. The van der Waals surface area contributed by atoms with E-state index in [0.717, 1.165) is 6.42 Å². The van der Waals surface area contributed by atoms with Crippen LogP contribution >= 0.6 is 0 Å². The molecule has 0 aromatic carbocycles. The van der Waals surface area contributed by atoms with Crippen molar-refractivity contribution in [2.24, 2.45) is 0 Å². The van der Waals surface area contributed by atoms with Crippen molar-refractivity contribution >= 4 is 0 Å². The van der Waals surface area contributed by atoms with Crippen molar-refractivity contribution in [3.63, 3.8) is 0 Å². The van der Waals surface area contributed by atoms with E-state index < -0.39 is 12.3 Å². The van der Waals surface area contributed by atoms with E-state index in [0.29, 0.717) is 6.42 Å². The average Bonchev–Trinajstić information content (AvgIpc) is 1.63. The van der Waals surface area contributed by atoms with Crippen LogP contribution in [-0.4, -0.2) is 12.3 Å². The minimum atomic E-state index is -0.994. The third kappa shape index (κ3) is 5.74. The fourth-order valence-electron chi connectivity index (χ4n) is 0.784. The van der Waals surface area contributed by atoms with Crippen LogP contribution in [0.1, 0.15) is 33.1 Å². The predicted molar refractivity (Wildman–Crippen MR) is 35.0 cm³/mol. The van der Waals surface area contributed by atoms with E-state index in [2.05, 4.69) is 0 Å². The van der Waals surface area contributed by atoms with Crippen LogP contribution in [0, 0.1) is 0 Å². The molecule has 0 aromatic heterocycles. The lowest BCUT2D eigenvalue weighted by atomic mass is 10.1. The minimum Gasteiger partial charge on any atom is -0.248 e. The summed E-state index contributed by atoms with van der Waals surface area (Å²) < 4.78 is 24.4. The molecule has 0 saturated heterocycles. The molecule has 2 heteroatoms. The normalized spacial score (nSPS) is 17.3. The zero-order chi connectivity index (χ0) is 7.28. The molecule has 0 aliphatic rings. The second-order valence-electron chi connectivity index (χ2n) is 2.40. The third-order valence-corrected chi connectivity index (χ3v) is 1.18. The molecule has 0 aromatic rings. The van der Waals surface area contributed by atoms with Crippen LogP contribution in [0.25, 0.3) is 0 Å². The van der Waals surface area contributed by atoms with Crippen molar-refractivity contribution in [3.05, 3.63) is 0 Å². The average molecular weight is 136 g/mol. The molecule has 56 valence electrons. The van der Waals surface area contributed by atoms with E-state index in [-0.39, 0.29) is 6.42 Å². The van der Waals surface area contributed by atoms with E-state index >= 15 is 0 Å². The summed E-state index contributed by atoms with van der Waals surface area (Å²) in [5, 5.41) is 0. The Morgan fingerprint density at radius 3 is 2.22 bits per heavy atom. The number of alkyl halides is 2. The SMILES string of the molecule is CCCC(F)CC(C)F. The fraction of sp³-hybridized carbons (Fsp3) is 1.00. The molecule has 0 aliphatic carbocycles. The molecule has 9 heavy (non-hydrogen) atoms. The van der Waals surface area contributed by atoms with Crippen LogP contribution in [0.2, 0.25) is 0 Å². The van der Waals surface area contributed by atoms with Gasteiger partial charge in [-0.15, -0.1) is 0 Å². The van der Waals surface area contributed by atoms with Gasteiger partial charge in [-0.05, 0) is 13.3 Å². The van der Waals surface area contributed by atoms with E-state index in [4.69, 9.17) is 0 Å². The quantitative estimate of drug-likeness (QED) is 0.557. The van der Waals surface area contributed by atoms with Crippen molar-refractivity contribution in [3.8, 4) is 0 Å². The fourth-order valence-corrected chi connectivity index (χ4v) is 0.784. The third-order valence-electron chi connectivity index (χ3n) is 1.18. The van der Waals surface area contributed by atoms with Gasteiger partial charge in [0.15, 0.2) is 0 Å². The molecular formula is C7H14F2. The van der Waals surface area contributed by atoms with Gasteiger partial charge in [-0.2, -0.15) is 0 Å². The van der Waals surface area contributed by atoms with Gasteiger partial charge in [0.05, 0.1) is 0 Å². The molecular weight excluding hydrogens is 122 g/mol. The summed E-state index contributed by atoms with van der Waals surface area (Å²) in [6, 6.07) is 0. The Hall–Kier alpha value is -0.140. The highest BCUT2D eigenvalue weighted by Crippen LogP contribution is 2.10. The van der Waals surface area contributed by atoms with E-state index in [1.165, 1.54) is 6.92 Å². The Bertz CT molecular complexity index is 61.9. The monoisotopic (exact) mass is 136 g/mol. The number of hydrogen-bond acceptors (Lipinski definition) is 0. The number of halogens is 2. The van der Waals surface area contributed by atoms with Crippen LogP contribution in [0.4, 0.5) is 8.78 Å². The molecule has 0 N–H and O–H groups in total. The van der Waals surface area contributed by atoms with Crippen LogP contribution < -0.4 is 0 Å². The maximum absolute atomic E-state index is 12.4. The molecule has 0 aliphatic heterocycles. The van der Waals surface area contributed by atoms with Crippen LogP contribution in [-0.2, 0) is 0 Å². The smallest absolute Gasteiger partial charge is 0.103 e. The molecule has 0 spiro atoms. The highest BCUT2D eigenvalue weighted by atomic mass is 19.1. The molecule has 2 atom stereocenters. The Morgan fingerprint density at radius 1 is 1.33 bits per heavy atom. The molecule has 0 fully saturated rings. The zero-order valence-corrected chi connectivity index (χ0v) is 6.03. The molecule has 0 amide bonds. The van der Waals surface area contributed by atoms with Gasteiger partial charge in [0.1, 0.15) is 12.3 Å². The summed E-state index contributed by atoms with van der Waals surface area (Å²) in [5.74, 6) is 0. The lowest BCUT2D eigenvalue weighted by Gasteiger charge is -2.05. The van der Waals surface area contributed by atoms with Crippen molar-refractivity contribution in [2.45, 2.75) is 45.5 Å². The summed E-state index contributed by atoms with van der Waals surface area (Å²) in [6.45, 7) is 3.29. The molecule has 0 bridgehead atoms. The van der Waals surface area contributed by atoms with Gasteiger partial charge in [-0.3, -0.25) is 0 Å².